The summed E-state index contributed by atoms with van der Waals surface area (Å²) in [7, 11) is 2.22. The Morgan fingerprint density at radius 3 is 2.65 bits per heavy atom. The zero-order chi connectivity index (χ0) is 30.4. The number of piperidine rings is 1. The van der Waals surface area contributed by atoms with Crippen LogP contribution in [-0.2, 0) is 15.0 Å². The second kappa shape index (κ2) is 12.0. The number of nitrogens with zero attached hydrogens (tertiary/aromatic N) is 2. The second-order valence-corrected chi connectivity index (χ2v) is 15.5. The van der Waals surface area contributed by atoms with Crippen molar-refractivity contribution in [3.05, 3.63) is 47.5 Å². The summed E-state index contributed by atoms with van der Waals surface area (Å²) >= 11 is 0. The number of aliphatic hydroxyl groups is 1. The van der Waals surface area contributed by atoms with Gasteiger partial charge in [0.25, 0.3) is 5.91 Å². The molecule has 43 heavy (non-hydrogen) atoms. The van der Waals surface area contributed by atoms with Crippen LogP contribution in [-0.4, -0.2) is 60.5 Å². The first-order chi connectivity index (χ1) is 20.6. The van der Waals surface area contributed by atoms with Crippen LogP contribution in [0.2, 0.25) is 0 Å². The van der Waals surface area contributed by atoms with Gasteiger partial charge in [0.1, 0.15) is 0 Å². The maximum atomic E-state index is 12.8. The van der Waals surface area contributed by atoms with Gasteiger partial charge in [-0.1, -0.05) is 61.8 Å². The first-order valence-electron chi connectivity index (χ1n) is 17.2. The summed E-state index contributed by atoms with van der Waals surface area (Å²) in [6, 6.07) is 11.4. The van der Waals surface area contributed by atoms with E-state index in [1.165, 1.54) is 30.4 Å². The van der Waals surface area contributed by atoms with Crippen LogP contribution < -0.4 is 5.32 Å². The third kappa shape index (κ3) is 5.49. The highest BCUT2D eigenvalue weighted by atomic mass is 16.6. The Bertz CT molecular complexity index is 1230. The number of amides is 1. The molecular formula is C37H55N3O3. The molecule has 2 N–H and O–H groups in total. The summed E-state index contributed by atoms with van der Waals surface area (Å²) in [6.07, 6.45) is 13.1. The highest BCUT2D eigenvalue weighted by Crippen LogP contribution is 2.65. The molecule has 3 saturated carbocycles. The van der Waals surface area contributed by atoms with Crippen molar-refractivity contribution in [2.24, 2.45) is 39.7 Å². The van der Waals surface area contributed by atoms with Gasteiger partial charge >= 0.3 is 0 Å². The molecule has 1 aromatic rings. The molecule has 6 nitrogen and oxygen atoms in total. The Morgan fingerprint density at radius 2 is 1.86 bits per heavy atom. The van der Waals surface area contributed by atoms with E-state index in [1.54, 1.807) is 0 Å². The number of hydrogen-bond donors (Lipinski definition) is 2. The van der Waals surface area contributed by atoms with Crippen LogP contribution >= 0.6 is 0 Å². The van der Waals surface area contributed by atoms with E-state index in [0.717, 1.165) is 63.1 Å². The Balaban J connectivity index is 1.03. The molecule has 0 unspecified atom stereocenters. The summed E-state index contributed by atoms with van der Waals surface area (Å²) < 4.78 is 0. The average Bonchev–Trinajstić information content (AvgIpc) is 3.30. The Hall–Kier alpha value is -2.18. The van der Waals surface area contributed by atoms with Crippen LogP contribution in [0.1, 0.15) is 97.5 Å². The molecular weight excluding hydrogens is 534 g/mol. The number of oxime groups is 1. The van der Waals surface area contributed by atoms with Gasteiger partial charge in [-0.3, -0.25) is 4.79 Å². The summed E-state index contributed by atoms with van der Waals surface area (Å²) in [6.45, 7) is 11.2. The van der Waals surface area contributed by atoms with Crippen LogP contribution in [0.25, 0.3) is 0 Å². The monoisotopic (exact) mass is 589 g/mol. The zero-order valence-corrected chi connectivity index (χ0v) is 27.3. The minimum atomic E-state index is -0.117. The minimum absolute atomic E-state index is 0.0374. The quantitative estimate of drug-likeness (QED) is 0.357. The van der Waals surface area contributed by atoms with E-state index in [0.29, 0.717) is 30.3 Å². The van der Waals surface area contributed by atoms with Gasteiger partial charge < -0.3 is 20.2 Å². The van der Waals surface area contributed by atoms with Crippen LogP contribution in [0, 0.1) is 34.5 Å². The van der Waals surface area contributed by atoms with Crippen LogP contribution in [0.5, 0.6) is 0 Å². The number of allylic oxidation sites excluding steroid dienone is 2. The average molecular weight is 590 g/mol. The highest BCUT2D eigenvalue weighted by Gasteiger charge is 2.58. The predicted molar refractivity (Wildman–Crippen MR) is 173 cm³/mol. The number of rotatable bonds is 7. The fraction of sp³-hybridized carbons (Fsp3) is 0.730. The standard InChI is InChI=1S/C37H55N3O3/c1-25-23-40(5)26(2)22-37(25,27-9-7-6-8-10-27)19-20-38-34(42)24-43-39-29-15-17-35(3)28(21-29)11-12-30-31-13-14-33(41)36(31,4)18-16-32(30)35/h6-10,21,25-26,30-33,41H,11-20,22-24H2,1-5H3,(H,38,42)/b39-29+/t25-,26+,30+,31+,32+,33+,35+,36+,37-/m1/s1. The molecule has 0 aromatic heterocycles. The van der Waals surface area contributed by atoms with E-state index in [4.69, 9.17) is 4.84 Å². The summed E-state index contributed by atoms with van der Waals surface area (Å²) in [5.74, 6) is 2.51. The smallest absolute Gasteiger partial charge is 0.260 e. The lowest BCUT2D eigenvalue weighted by atomic mass is 9.47. The van der Waals surface area contributed by atoms with Crippen molar-refractivity contribution >= 4 is 11.6 Å². The van der Waals surface area contributed by atoms with Crippen molar-refractivity contribution in [2.75, 3.05) is 26.7 Å². The van der Waals surface area contributed by atoms with Crippen molar-refractivity contribution < 1.29 is 14.7 Å². The molecule has 0 radical (unpaired) electrons. The molecule has 4 aliphatic carbocycles. The van der Waals surface area contributed by atoms with Crippen LogP contribution in [0.15, 0.2) is 47.1 Å². The van der Waals surface area contributed by atoms with Crippen molar-refractivity contribution in [2.45, 2.75) is 109 Å². The summed E-state index contributed by atoms with van der Waals surface area (Å²) in [4.78, 5) is 20.9. The van der Waals surface area contributed by atoms with Gasteiger partial charge in [-0.15, -0.1) is 0 Å². The SMILES string of the molecule is C[C@@H]1CN(C)[C@@H](C)C[C@@]1(CCNC(=O)CO/N=C1/C=C2CC[C@H]3[C@@H]4CC[C@H](O)[C@@]4(C)CC[C@@H]3[C@@]2(C)CC1)c1ccccc1. The Morgan fingerprint density at radius 1 is 1.07 bits per heavy atom. The number of carbonyl (C=O) groups is 1. The second-order valence-electron chi connectivity index (χ2n) is 15.5. The van der Waals surface area contributed by atoms with Crippen molar-refractivity contribution in [3.8, 4) is 0 Å². The van der Waals surface area contributed by atoms with Crippen molar-refractivity contribution in [1.29, 1.82) is 0 Å². The van der Waals surface area contributed by atoms with Gasteiger partial charge in [0.05, 0.1) is 11.8 Å². The van der Waals surface area contributed by atoms with Gasteiger partial charge in [0.15, 0.2) is 6.61 Å². The lowest BCUT2D eigenvalue weighted by Crippen LogP contribution is -2.52. The van der Waals surface area contributed by atoms with Gasteiger partial charge in [0.2, 0.25) is 0 Å². The number of likely N-dealkylation sites (tertiary alicyclic amines) is 1. The zero-order valence-electron chi connectivity index (χ0n) is 27.3. The normalized spacial score (nSPS) is 42.0. The van der Waals surface area contributed by atoms with E-state index in [-0.39, 0.29) is 34.9 Å². The maximum absolute atomic E-state index is 12.8. The fourth-order valence-electron chi connectivity index (χ4n) is 10.6. The number of carbonyl (C=O) groups excluding carboxylic acids is 1. The number of benzene rings is 1. The van der Waals surface area contributed by atoms with E-state index >= 15 is 0 Å². The number of fused-ring (bicyclic) bond motifs is 5. The topological polar surface area (TPSA) is 74.2 Å². The molecule has 9 atom stereocenters. The van der Waals surface area contributed by atoms with Gasteiger partial charge in [-0.25, -0.2) is 0 Å². The molecule has 6 rings (SSSR count). The summed E-state index contributed by atoms with van der Waals surface area (Å²) in [5.41, 5.74) is 4.30. The molecule has 1 amide bonds. The van der Waals surface area contributed by atoms with E-state index in [1.807, 2.05) is 0 Å². The maximum Gasteiger partial charge on any atom is 0.260 e. The fourth-order valence-corrected chi connectivity index (χ4v) is 10.6. The van der Waals surface area contributed by atoms with Crippen LogP contribution in [0.3, 0.4) is 0 Å². The van der Waals surface area contributed by atoms with Crippen LogP contribution in [0.4, 0.5) is 0 Å². The Kier molecular flexibility index (Phi) is 8.58. The summed E-state index contributed by atoms with van der Waals surface area (Å²) in [5, 5.41) is 18.3. The molecule has 1 saturated heterocycles. The molecule has 1 aliphatic heterocycles. The highest BCUT2D eigenvalue weighted by molar-refractivity contribution is 5.96. The van der Waals surface area contributed by atoms with Crippen molar-refractivity contribution in [1.82, 2.24) is 10.2 Å². The molecule has 4 fully saturated rings. The molecule has 1 aromatic carbocycles. The number of nitrogens with one attached hydrogen (secondary N) is 1. The van der Waals surface area contributed by atoms with E-state index in [2.05, 4.69) is 86.5 Å². The third-order valence-corrected chi connectivity index (χ3v) is 13.5. The first kappa shape index (κ1) is 30.8. The predicted octanol–water partition coefficient (Wildman–Crippen LogP) is 6.49. The molecule has 1 heterocycles. The number of hydrogen-bond acceptors (Lipinski definition) is 5. The van der Waals surface area contributed by atoms with E-state index < -0.39 is 0 Å². The molecule has 236 valence electrons. The van der Waals surface area contributed by atoms with Gasteiger partial charge in [-0.2, -0.15) is 0 Å². The third-order valence-electron chi connectivity index (χ3n) is 13.5. The van der Waals surface area contributed by atoms with Gasteiger partial charge in [-0.05, 0) is 124 Å². The Labute approximate surface area is 259 Å². The lowest BCUT2D eigenvalue weighted by molar-refractivity contribution is -0.125. The lowest BCUT2D eigenvalue weighted by Gasteiger charge is -2.57. The molecule has 6 heteroatoms. The van der Waals surface area contributed by atoms with Gasteiger partial charge in [0, 0.05) is 24.5 Å². The number of aliphatic hydroxyl groups excluding tert-OH is 1. The molecule has 5 aliphatic rings. The van der Waals surface area contributed by atoms with Crippen molar-refractivity contribution in [3.63, 3.8) is 0 Å². The first-order valence-corrected chi connectivity index (χ1v) is 17.2. The van der Waals surface area contributed by atoms with E-state index in [9.17, 15) is 9.90 Å². The largest absolute Gasteiger partial charge is 0.393 e. The molecule has 0 spiro atoms. The minimum Gasteiger partial charge on any atom is -0.393 e. The molecule has 0 bridgehead atoms.